The van der Waals surface area contributed by atoms with E-state index in [-0.39, 0.29) is 6.10 Å². The first-order valence-corrected chi connectivity index (χ1v) is 7.28. The lowest BCUT2D eigenvalue weighted by Gasteiger charge is -2.08. The summed E-state index contributed by atoms with van der Waals surface area (Å²) in [6.45, 7) is 8.14. The van der Waals surface area contributed by atoms with E-state index in [2.05, 4.69) is 25.2 Å². The zero-order valence-corrected chi connectivity index (χ0v) is 12.0. The zero-order chi connectivity index (χ0) is 13.5. The normalized spacial score (nSPS) is 19.2. The van der Waals surface area contributed by atoms with E-state index in [0.717, 1.165) is 50.5 Å². The molecule has 1 aromatic heterocycles. The lowest BCUT2D eigenvalue weighted by atomic mass is 10.2. The Kier molecular flexibility index (Phi) is 5.89. The molecular formula is C15H25NO3. The Morgan fingerprint density at radius 2 is 2.37 bits per heavy atom. The van der Waals surface area contributed by atoms with Gasteiger partial charge in [-0.25, -0.2) is 0 Å². The summed E-state index contributed by atoms with van der Waals surface area (Å²) in [5.74, 6) is 1.92. The van der Waals surface area contributed by atoms with Crippen LogP contribution in [0, 0.1) is 6.92 Å². The van der Waals surface area contributed by atoms with E-state index in [1.807, 2.05) is 0 Å². The van der Waals surface area contributed by atoms with Crippen LogP contribution in [0.15, 0.2) is 10.5 Å². The van der Waals surface area contributed by atoms with Crippen LogP contribution in [-0.4, -0.2) is 25.9 Å². The minimum Gasteiger partial charge on any atom is -0.462 e. The molecule has 0 spiro atoms. The first-order chi connectivity index (χ1) is 9.29. The molecule has 0 amide bonds. The van der Waals surface area contributed by atoms with E-state index < -0.39 is 0 Å². The average molecular weight is 267 g/mol. The van der Waals surface area contributed by atoms with Crippen LogP contribution < -0.4 is 5.32 Å². The van der Waals surface area contributed by atoms with Gasteiger partial charge in [0.1, 0.15) is 18.1 Å². The second kappa shape index (κ2) is 7.68. The van der Waals surface area contributed by atoms with Gasteiger partial charge in [0.05, 0.1) is 19.3 Å². The molecule has 108 valence electrons. The molecule has 0 saturated carbocycles. The third-order valence-corrected chi connectivity index (χ3v) is 3.36. The number of ether oxygens (including phenoxy) is 2. The van der Waals surface area contributed by atoms with Crippen molar-refractivity contribution < 1.29 is 13.9 Å². The molecule has 0 bridgehead atoms. The SMILES string of the molecule is CCCNCc1oc(COCC2CCCO2)cc1C. The van der Waals surface area contributed by atoms with E-state index in [1.54, 1.807) is 0 Å². The van der Waals surface area contributed by atoms with Crippen molar-refractivity contribution >= 4 is 0 Å². The molecule has 0 aliphatic carbocycles. The maximum absolute atomic E-state index is 5.80. The summed E-state index contributed by atoms with van der Waals surface area (Å²) in [5, 5.41) is 3.35. The summed E-state index contributed by atoms with van der Waals surface area (Å²) in [7, 11) is 0. The highest BCUT2D eigenvalue weighted by Gasteiger charge is 2.16. The number of hydrogen-bond donors (Lipinski definition) is 1. The minimum atomic E-state index is 0.279. The highest BCUT2D eigenvalue weighted by Crippen LogP contribution is 2.17. The molecule has 1 unspecified atom stereocenters. The van der Waals surface area contributed by atoms with E-state index in [4.69, 9.17) is 13.9 Å². The summed E-state index contributed by atoms with van der Waals surface area (Å²) < 4.78 is 17.0. The van der Waals surface area contributed by atoms with Crippen LogP contribution in [0.3, 0.4) is 0 Å². The third-order valence-electron chi connectivity index (χ3n) is 3.36. The van der Waals surface area contributed by atoms with Crippen molar-refractivity contribution in [1.29, 1.82) is 0 Å². The molecule has 0 aromatic carbocycles. The van der Waals surface area contributed by atoms with Crippen LogP contribution in [0.25, 0.3) is 0 Å². The average Bonchev–Trinajstić information content (AvgIpc) is 3.01. The van der Waals surface area contributed by atoms with Gasteiger partial charge in [-0.2, -0.15) is 0 Å². The Morgan fingerprint density at radius 1 is 1.47 bits per heavy atom. The molecular weight excluding hydrogens is 242 g/mol. The number of rotatable bonds is 8. The first-order valence-electron chi connectivity index (χ1n) is 7.28. The highest BCUT2D eigenvalue weighted by atomic mass is 16.5. The Morgan fingerprint density at radius 3 is 3.11 bits per heavy atom. The number of furan rings is 1. The van der Waals surface area contributed by atoms with Crippen LogP contribution in [0.4, 0.5) is 0 Å². The Labute approximate surface area is 115 Å². The van der Waals surface area contributed by atoms with Crippen LogP contribution in [0.1, 0.15) is 43.3 Å². The molecule has 19 heavy (non-hydrogen) atoms. The summed E-state index contributed by atoms with van der Waals surface area (Å²) in [6, 6.07) is 2.07. The molecule has 4 heteroatoms. The van der Waals surface area contributed by atoms with E-state index in [9.17, 15) is 0 Å². The second-order valence-electron chi connectivity index (χ2n) is 5.15. The molecule has 1 aliphatic rings. The quantitative estimate of drug-likeness (QED) is 0.736. The Bertz CT molecular complexity index is 369. The lowest BCUT2D eigenvalue weighted by molar-refractivity contribution is 0.00557. The largest absolute Gasteiger partial charge is 0.462 e. The minimum absolute atomic E-state index is 0.279. The maximum Gasteiger partial charge on any atom is 0.130 e. The van der Waals surface area contributed by atoms with Gasteiger partial charge in [-0.3, -0.25) is 0 Å². The number of hydrogen-bond acceptors (Lipinski definition) is 4. The smallest absolute Gasteiger partial charge is 0.130 e. The van der Waals surface area contributed by atoms with Gasteiger partial charge in [-0.05, 0) is 44.4 Å². The molecule has 2 rings (SSSR count). The molecule has 4 nitrogen and oxygen atoms in total. The predicted molar refractivity (Wildman–Crippen MR) is 74.1 cm³/mol. The van der Waals surface area contributed by atoms with Crippen molar-refractivity contribution in [1.82, 2.24) is 5.32 Å². The highest BCUT2D eigenvalue weighted by molar-refractivity contribution is 5.19. The van der Waals surface area contributed by atoms with Gasteiger partial charge in [-0.1, -0.05) is 6.92 Å². The standard InChI is InChI=1S/C15H25NO3/c1-3-6-16-9-15-12(2)8-14(19-15)11-17-10-13-5-4-7-18-13/h8,13,16H,3-7,9-11H2,1-2H3. The van der Waals surface area contributed by atoms with Crippen LogP contribution in [-0.2, 0) is 22.6 Å². The van der Waals surface area contributed by atoms with Crippen molar-refractivity contribution in [3.8, 4) is 0 Å². The predicted octanol–water partition coefficient (Wildman–Crippen LogP) is 2.78. The topological polar surface area (TPSA) is 43.6 Å². The van der Waals surface area contributed by atoms with Crippen molar-refractivity contribution in [2.75, 3.05) is 19.8 Å². The zero-order valence-electron chi connectivity index (χ0n) is 12.0. The fourth-order valence-electron chi connectivity index (χ4n) is 2.28. The summed E-state index contributed by atoms with van der Waals surface area (Å²) in [4.78, 5) is 0. The van der Waals surface area contributed by atoms with Crippen molar-refractivity contribution in [3.05, 3.63) is 23.2 Å². The number of nitrogens with one attached hydrogen (secondary N) is 1. The first kappa shape index (κ1) is 14.6. The molecule has 1 aliphatic heterocycles. The summed E-state index contributed by atoms with van der Waals surface area (Å²) in [6.07, 6.45) is 3.68. The van der Waals surface area contributed by atoms with Crippen LogP contribution in [0.2, 0.25) is 0 Å². The molecule has 1 atom stereocenters. The molecule has 1 aromatic rings. The molecule has 1 fully saturated rings. The lowest BCUT2D eigenvalue weighted by Crippen LogP contribution is -2.14. The van der Waals surface area contributed by atoms with E-state index >= 15 is 0 Å². The molecule has 1 saturated heterocycles. The fourth-order valence-corrected chi connectivity index (χ4v) is 2.28. The monoisotopic (exact) mass is 267 g/mol. The van der Waals surface area contributed by atoms with E-state index in [0.29, 0.717) is 13.2 Å². The van der Waals surface area contributed by atoms with Gasteiger partial charge in [0.15, 0.2) is 0 Å². The van der Waals surface area contributed by atoms with Crippen molar-refractivity contribution in [3.63, 3.8) is 0 Å². The Hall–Kier alpha value is -0.840. The molecule has 0 radical (unpaired) electrons. The third kappa shape index (κ3) is 4.64. The van der Waals surface area contributed by atoms with Gasteiger partial charge in [0, 0.05) is 6.61 Å². The second-order valence-corrected chi connectivity index (χ2v) is 5.15. The van der Waals surface area contributed by atoms with Crippen LogP contribution >= 0.6 is 0 Å². The van der Waals surface area contributed by atoms with Gasteiger partial charge >= 0.3 is 0 Å². The van der Waals surface area contributed by atoms with Gasteiger partial charge in [0.2, 0.25) is 0 Å². The summed E-state index contributed by atoms with van der Waals surface area (Å²) in [5.41, 5.74) is 1.19. The van der Waals surface area contributed by atoms with Crippen LogP contribution in [0.5, 0.6) is 0 Å². The molecule has 1 N–H and O–H groups in total. The summed E-state index contributed by atoms with van der Waals surface area (Å²) >= 11 is 0. The van der Waals surface area contributed by atoms with Crippen molar-refractivity contribution in [2.45, 2.75) is 52.4 Å². The fraction of sp³-hybridized carbons (Fsp3) is 0.733. The molecule has 2 heterocycles. The number of aryl methyl sites for hydroxylation is 1. The maximum atomic E-state index is 5.80. The van der Waals surface area contributed by atoms with Gasteiger partial charge in [-0.15, -0.1) is 0 Å². The van der Waals surface area contributed by atoms with Gasteiger partial charge in [0.25, 0.3) is 0 Å². The van der Waals surface area contributed by atoms with E-state index in [1.165, 1.54) is 5.56 Å². The van der Waals surface area contributed by atoms with Gasteiger partial charge < -0.3 is 19.2 Å². The van der Waals surface area contributed by atoms with Crippen molar-refractivity contribution in [2.24, 2.45) is 0 Å². The Balaban J connectivity index is 1.72.